The molecule has 4 heteroatoms. The van der Waals surface area contributed by atoms with Crippen molar-refractivity contribution in [1.29, 1.82) is 0 Å². The molecule has 0 atom stereocenters. The second-order valence-electron chi connectivity index (χ2n) is 3.20. The van der Waals surface area contributed by atoms with Gasteiger partial charge < -0.3 is 19.5 Å². The van der Waals surface area contributed by atoms with Crippen molar-refractivity contribution in [2.75, 3.05) is 34.0 Å². The zero-order valence-corrected chi connectivity index (χ0v) is 8.41. The average Bonchev–Trinajstić information content (AvgIpc) is 2.21. The van der Waals surface area contributed by atoms with Crippen molar-refractivity contribution in [3.8, 4) is 0 Å². The summed E-state index contributed by atoms with van der Waals surface area (Å²) in [5.74, 6) is 0. The number of rotatable bonds is 5. The normalized spacial score (nSPS) is 19.6. The first-order valence-corrected chi connectivity index (χ1v) is 4.73. The maximum absolute atomic E-state index is 5.26. The Labute approximate surface area is 79.5 Å². The van der Waals surface area contributed by atoms with Gasteiger partial charge >= 0.3 is 0 Å². The SMILES string of the molecule is COC(CNC1CCOCC1)OC. The van der Waals surface area contributed by atoms with E-state index in [1.807, 2.05) is 0 Å². The van der Waals surface area contributed by atoms with Crippen LogP contribution in [0.15, 0.2) is 0 Å². The molecule has 0 aliphatic carbocycles. The average molecular weight is 189 g/mol. The molecule has 0 saturated carbocycles. The molecule has 4 nitrogen and oxygen atoms in total. The maximum atomic E-state index is 5.26. The second-order valence-corrected chi connectivity index (χ2v) is 3.20. The van der Waals surface area contributed by atoms with Crippen LogP contribution in [-0.4, -0.2) is 46.3 Å². The van der Waals surface area contributed by atoms with Gasteiger partial charge in [0.05, 0.1) is 0 Å². The summed E-state index contributed by atoms with van der Waals surface area (Å²) in [5.41, 5.74) is 0. The van der Waals surface area contributed by atoms with Crippen molar-refractivity contribution < 1.29 is 14.2 Å². The molecular formula is C9H19NO3. The molecule has 0 spiro atoms. The standard InChI is InChI=1S/C9H19NO3/c1-11-9(12-2)7-10-8-3-5-13-6-4-8/h8-10H,3-7H2,1-2H3. The highest BCUT2D eigenvalue weighted by Crippen LogP contribution is 2.06. The molecule has 1 saturated heterocycles. The Morgan fingerprint density at radius 2 is 1.92 bits per heavy atom. The summed E-state index contributed by atoms with van der Waals surface area (Å²) in [5, 5.41) is 3.39. The van der Waals surface area contributed by atoms with Crippen LogP contribution in [0.5, 0.6) is 0 Å². The Morgan fingerprint density at radius 1 is 1.31 bits per heavy atom. The molecule has 1 fully saturated rings. The van der Waals surface area contributed by atoms with Crippen LogP contribution in [0.2, 0.25) is 0 Å². The van der Waals surface area contributed by atoms with Gasteiger partial charge in [-0.1, -0.05) is 0 Å². The van der Waals surface area contributed by atoms with Crippen molar-refractivity contribution >= 4 is 0 Å². The Morgan fingerprint density at radius 3 is 2.46 bits per heavy atom. The molecule has 78 valence electrons. The summed E-state index contributed by atoms with van der Waals surface area (Å²) in [6, 6.07) is 0.557. The first-order valence-electron chi connectivity index (χ1n) is 4.73. The lowest BCUT2D eigenvalue weighted by Gasteiger charge is -2.25. The van der Waals surface area contributed by atoms with E-state index in [9.17, 15) is 0 Å². The van der Waals surface area contributed by atoms with E-state index >= 15 is 0 Å². The molecule has 0 aromatic rings. The zero-order valence-electron chi connectivity index (χ0n) is 8.41. The van der Waals surface area contributed by atoms with Gasteiger partial charge in [0, 0.05) is 40.0 Å². The van der Waals surface area contributed by atoms with Crippen molar-refractivity contribution in [3.05, 3.63) is 0 Å². The lowest BCUT2D eigenvalue weighted by atomic mass is 10.1. The summed E-state index contributed by atoms with van der Waals surface area (Å²) < 4.78 is 15.4. The third-order valence-corrected chi connectivity index (χ3v) is 2.32. The van der Waals surface area contributed by atoms with E-state index in [-0.39, 0.29) is 6.29 Å². The minimum absolute atomic E-state index is 0.136. The van der Waals surface area contributed by atoms with Crippen LogP contribution < -0.4 is 5.32 Å². The predicted octanol–water partition coefficient (Wildman–Crippen LogP) is 0.374. The van der Waals surface area contributed by atoms with Crippen molar-refractivity contribution in [2.45, 2.75) is 25.2 Å². The number of methoxy groups -OCH3 is 2. The molecule has 1 aliphatic heterocycles. The van der Waals surface area contributed by atoms with Crippen LogP contribution in [0.1, 0.15) is 12.8 Å². The van der Waals surface area contributed by atoms with Gasteiger partial charge in [0.15, 0.2) is 6.29 Å². The number of hydrogen-bond acceptors (Lipinski definition) is 4. The molecule has 1 N–H and O–H groups in total. The molecule has 0 unspecified atom stereocenters. The van der Waals surface area contributed by atoms with Gasteiger partial charge in [0.25, 0.3) is 0 Å². The van der Waals surface area contributed by atoms with Crippen molar-refractivity contribution in [1.82, 2.24) is 5.32 Å². The minimum Gasteiger partial charge on any atom is -0.381 e. The molecule has 0 bridgehead atoms. The van der Waals surface area contributed by atoms with Crippen LogP contribution in [0, 0.1) is 0 Å². The van der Waals surface area contributed by atoms with Crippen LogP contribution in [0.25, 0.3) is 0 Å². The van der Waals surface area contributed by atoms with Gasteiger partial charge in [-0.05, 0) is 12.8 Å². The van der Waals surface area contributed by atoms with Crippen molar-refractivity contribution in [2.24, 2.45) is 0 Å². The zero-order chi connectivity index (χ0) is 9.52. The van der Waals surface area contributed by atoms with E-state index in [0.29, 0.717) is 6.04 Å². The summed E-state index contributed by atoms with van der Waals surface area (Å²) in [6.07, 6.45) is 2.03. The summed E-state index contributed by atoms with van der Waals surface area (Å²) in [4.78, 5) is 0. The molecular weight excluding hydrogens is 170 g/mol. The molecule has 13 heavy (non-hydrogen) atoms. The number of nitrogens with one attached hydrogen (secondary N) is 1. The van der Waals surface area contributed by atoms with Crippen LogP contribution in [0.4, 0.5) is 0 Å². The Balaban J connectivity index is 2.09. The highest BCUT2D eigenvalue weighted by Gasteiger charge is 2.14. The first kappa shape index (κ1) is 10.9. The molecule has 0 aromatic carbocycles. The fourth-order valence-corrected chi connectivity index (χ4v) is 1.43. The Hall–Kier alpha value is -0.160. The van der Waals surface area contributed by atoms with Gasteiger partial charge in [0.2, 0.25) is 0 Å². The fraction of sp³-hybridized carbons (Fsp3) is 1.00. The van der Waals surface area contributed by atoms with E-state index in [4.69, 9.17) is 14.2 Å². The Kier molecular flexibility index (Phi) is 5.31. The molecule has 1 heterocycles. The highest BCUT2D eigenvalue weighted by atomic mass is 16.7. The number of ether oxygens (including phenoxy) is 3. The first-order chi connectivity index (χ1) is 6.36. The smallest absolute Gasteiger partial charge is 0.169 e. The van der Waals surface area contributed by atoms with Gasteiger partial charge in [0.1, 0.15) is 0 Å². The van der Waals surface area contributed by atoms with E-state index in [2.05, 4.69) is 5.32 Å². The molecule has 0 aromatic heterocycles. The molecule has 1 rings (SSSR count). The van der Waals surface area contributed by atoms with E-state index in [1.165, 1.54) is 0 Å². The molecule has 1 aliphatic rings. The second kappa shape index (κ2) is 6.32. The van der Waals surface area contributed by atoms with E-state index in [0.717, 1.165) is 32.6 Å². The highest BCUT2D eigenvalue weighted by molar-refractivity contribution is 4.70. The van der Waals surface area contributed by atoms with Crippen LogP contribution in [-0.2, 0) is 14.2 Å². The van der Waals surface area contributed by atoms with Crippen LogP contribution >= 0.6 is 0 Å². The third-order valence-electron chi connectivity index (χ3n) is 2.32. The predicted molar refractivity (Wildman–Crippen MR) is 49.6 cm³/mol. The quantitative estimate of drug-likeness (QED) is 0.634. The third kappa shape index (κ3) is 4.04. The van der Waals surface area contributed by atoms with E-state index < -0.39 is 0 Å². The van der Waals surface area contributed by atoms with Gasteiger partial charge in [-0.2, -0.15) is 0 Å². The summed E-state index contributed by atoms with van der Waals surface area (Å²) in [7, 11) is 3.31. The van der Waals surface area contributed by atoms with Crippen LogP contribution in [0.3, 0.4) is 0 Å². The Bertz CT molecular complexity index is 122. The summed E-state index contributed by atoms with van der Waals surface area (Å²) in [6.45, 7) is 2.47. The molecule has 0 radical (unpaired) electrons. The largest absolute Gasteiger partial charge is 0.381 e. The van der Waals surface area contributed by atoms with Gasteiger partial charge in [-0.3, -0.25) is 0 Å². The lowest BCUT2D eigenvalue weighted by molar-refractivity contribution is -0.101. The number of hydrogen-bond donors (Lipinski definition) is 1. The van der Waals surface area contributed by atoms with E-state index in [1.54, 1.807) is 14.2 Å². The van der Waals surface area contributed by atoms with Crippen molar-refractivity contribution in [3.63, 3.8) is 0 Å². The fourth-order valence-electron chi connectivity index (χ4n) is 1.43. The monoisotopic (exact) mass is 189 g/mol. The summed E-state index contributed by atoms with van der Waals surface area (Å²) >= 11 is 0. The minimum atomic E-state index is -0.136. The van der Waals surface area contributed by atoms with Gasteiger partial charge in [-0.15, -0.1) is 0 Å². The topological polar surface area (TPSA) is 39.7 Å². The van der Waals surface area contributed by atoms with Gasteiger partial charge in [-0.25, -0.2) is 0 Å². The lowest BCUT2D eigenvalue weighted by Crippen LogP contribution is -2.40. The molecule has 0 amide bonds. The maximum Gasteiger partial charge on any atom is 0.169 e.